The van der Waals surface area contributed by atoms with Crippen LogP contribution in [-0.4, -0.2) is 28.6 Å². The van der Waals surface area contributed by atoms with Gasteiger partial charge in [0.05, 0.1) is 0 Å². The minimum Gasteiger partial charge on any atom is -0.480 e. The molecule has 0 saturated heterocycles. The molecular formula is C22H21ClN2O3. The Morgan fingerprint density at radius 1 is 1.18 bits per heavy atom. The number of hydrogen-bond donors (Lipinski definition) is 1. The fraction of sp³-hybridized carbons (Fsp3) is 0.273. The SMILES string of the molecule is CN(C(=O)[C@H]1CCc2c(c3ccccc3n2CC(=O)O)C1)c1ccc(Cl)cc1. The van der Waals surface area contributed by atoms with Crippen LogP contribution in [0.15, 0.2) is 48.5 Å². The van der Waals surface area contributed by atoms with Gasteiger partial charge >= 0.3 is 5.97 Å². The van der Waals surface area contributed by atoms with Crippen molar-refractivity contribution in [3.8, 4) is 0 Å². The first-order valence-electron chi connectivity index (χ1n) is 9.29. The van der Waals surface area contributed by atoms with Crippen LogP contribution in [0.3, 0.4) is 0 Å². The van der Waals surface area contributed by atoms with Crippen LogP contribution in [0, 0.1) is 5.92 Å². The second kappa shape index (κ2) is 7.32. The zero-order valence-electron chi connectivity index (χ0n) is 15.6. The molecule has 1 atom stereocenters. The summed E-state index contributed by atoms with van der Waals surface area (Å²) in [4.78, 5) is 26.1. The molecule has 0 fully saturated rings. The lowest BCUT2D eigenvalue weighted by Crippen LogP contribution is -2.36. The molecule has 0 saturated carbocycles. The number of hydrogen-bond acceptors (Lipinski definition) is 2. The van der Waals surface area contributed by atoms with E-state index in [1.165, 1.54) is 0 Å². The molecule has 0 spiro atoms. The van der Waals surface area contributed by atoms with Crippen LogP contribution in [0.5, 0.6) is 0 Å². The van der Waals surface area contributed by atoms with Crippen molar-refractivity contribution in [2.75, 3.05) is 11.9 Å². The summed E-state index contributed by atoms with van der Waals surface area (Å²) in [5.74, 6) is -0.912. The molecule has 1 aliphatic rings. The Kier molecular flexibility index (Phi) is 4.85. The highest BCUT2D eigenvalue weighted by Crippen LogP contribution is 2.35. The highest BCUT2D eigenvalue weighted by molar-refractivity contribution is 6.30. The number of rotatable bonds is 4. The van der Waals surface area contributed by atoms with E-state index in [4.69, 9.17) is 11.6 Å². The van der Waals surface area contributed by atoms with Gasteiger partial charge in [0.25, 0.3) is 0 Å². The van der Waals surface area contributed by atoms with Crippen molar-refractivity contribution in [2.45, 2.75) is 25.8 Å². The molecular weight excluding hydrogens is 376 g/mol. The summed E-state index contributed by atoms with van der Waals surface area (Å²) in [5.41, 5.74) is 3.88. The third-order valence-corrected chi connectivity index (χ3v) is 5.81. The Bertz CT molecular complexity index is 1060. The van der Waals surface area contributed by atoms with E-state index in [1.54, 1.807) is 24.1 Å². The van der Waals surface area contributed by atoms with Gasteiger partial charge in [0.15, 0.2) is 0 Å². The number of aromatic nitrogens is 1. The quantitative estimate of drug-likeness (QED) is 0.720. The predicted molar refractivity (Wildman–Crippen MR) is 110 cm³/mol. The fourth-order valence-corrected chi connectivity index (χ4v) is 4.32. The Labute approximate surface area is 168 Å². The van der Waals surface area contributed by atoms with Gasteiger partial charge in [-0.25, -0.2) is 0 Å². The molecule has 2 aromatic carbocycles. The van der Waals surface area contributed by atoms with Crippen molar-refractivity contribution >= 4 is 40.1 Å². The number of nitrogens with zero attached hydrogens (tertiary/aromatic N) is 2. The van der Waals surface area contributed by atoms with E-state index in [-0.39, 0.29) is 18.4 Å². The van der Waals surface area contributed by atoms with Crippen molar-refractivity contribution in [3.05, 3.63) is 64.8 Å². The number of aliphatic carboxylic acids is 1. The molecule has 0 bridgehead atoms. The summed E-state index contributed by atoms with van der Waals surface area (Å²) in [6, 6.07) is 15.1. The van der Waals surface area contributed by atoms with Gasteiger partial charge in [-0.2, -0.15) is 0 Å². The van der Waals surface area contributed by atoms with E-state index in [1.807, 2.05) is 41.0 Å². The third kappa shape index (κ3) is 3.27. The maximum atomic E-state index is 13.1. The van der Waals surface area contributed by atoms with E-state index in [9.17, 15) is 14.7 Å². The summed E-state index contributed by atoms with van der Waals surface area (Å²) in [6.07, 6.45) is 2.03. The van der Waals surface area contributed by atoms with Crippen molar-refractivity contribution < 1.29 is 14.7 Å². The monoisotopic (exact) mass is 396 g/mol. The first-order chi connectivity index (χ1) is 13.5. The number of fused-ring (bicyclic) bond motifs is 3. The number of benzene rings is 2. The van der Waals surface area contributed by atoms with Crippen LogP contribution in [0.25, 0.3) is 10.9 Å². The average Bonchev–Trinajstić information content (AvgIpc) is 3.00. The minimum absolute atomic E-state index is 0.0564. The number of para-hydroxylation sites is 1. The van der Waals surface area contributed by atoms with Crippen LogP contribution in [0.4, 0.5) is 5.69 Å². The topological polar surface area (TPSA) is 62.5 Å². The van der Waals surface area contributed by atoms with Gasteiger partial charge in [-0.05, 0) is 55.2 Å². The zero-order valence-corrected chi connectivity index (χ0v) is 16.3. The Morgan fingerprint density at radius 3 is 2.61 bits per heavy atom. The van der Waals surface area contributed by atoms with Crippen LogP contribution < -0.4 is 4.90 Å². The molecule has 0 aliphatic heterocycles. The largest absolute Gasteiger partial charge is 0.480 e. The summed E-state index contributed by atoms with van der Waals surface area (Å²) in [7, 11) is 1.79. The number of carbonyl (C=O) groups excluding carboxylic acids is 1. The Morgan fingerprint density at radius 2 is 1.89 bits per heavy atom. The number of halogens is 1. The molecule has 28 heavy (non-hydrogen) atoms. The molecule has 0 unspecified atom stereocenters. The average molecular weight is 397 g/mol. The van der Waals surface area contributed by atoms with Crippen LogP contribution in [0.2, 0.25) is 5.02 Å². The molecule has 1 aliphatic carbocycles. The first kappa shape index (κ1) is 18.6. The summed E-state index contributed by atoms with van der Waals surface area (Å²) < 4.78 is 1.89. The van der Waals surface area contributed by atoms with Gasteiger partial charge in [-0.15, -0.1) is 0 Å². The van der Waals surface area contributed by atoms with Gasteiger partial charge in [0.1, 0.15) is 6.54 Å². The zero-order chi connectivity index (χ0) is 19.8. The standard InChI is InChI=1S/C22H21ClN2O3/c1-24(16-9-7-15(23)8-10-16)22(28)14-6-11-20-18(12-14)17-4-2-3-5-19(17)25(20)13-21(26)27/h2-5,7-10,14H,6,11-13H2,1H3,(H,26,27)/t14-/m0/s1. The molecule has 1 heterocycles. The summed E-state index contributed by atoms with van der Waals surface area (Å²) in [5, 5.41) is 11.0. The van der Waals surface area contributed by atoms with Crippen molar-refractivity contribution in [2.24, 2.45) is 5.92 Å². The molecule has 4 rings (SSSR count). The minimum atomic E-state index is -0.857. The van der Waals surface area contributed by atoms with Gasteiger partial charge in [0, 0.05) is 40.3 Å². The lowest BCUT2D eigenvalue weighted by molar-refractivity contribution is -0.137. The smallest absolute Gasteiger partial charge is 0.323 e. The van der Waals surface area contributed by atoms with E-state index < -0.39 is 5.97 Å². The van der Waals surface area contributed by atoms with Crippen LogP contribution in [-0.2, 0) is 29.0 Å². The van der Waals surface area contributed by atoms with E-state index >= 15 is 0 Å². The normalized spacial score (nSPS) is 16.0. The first-order valence-corrected chi connectivity index (χ1v) is 9.67. The number of carboxylic acids is 1. The van der Waals surface area contributed by atoms with Crippen molar-refractivity contribution in [1.29, 1.82) is 0 Å². The molecule has 144 valence electrons. The fourth-order valence-electron chi connectivity index (χ4n) is 4.19. The molecule has 1 N–H and O–H groups in total. The maximum absolute atomic E-state index is 13.1. The van der Waals surface area contributed by atoms with Gasteiger partial charge < -0.3 is 14.6 Å². The van der Waals surface area contributed by atoms with Crippen LogP contribution >= 0.6 is 11.6 Å². The number of anilines is 1. The molecule has 1 aromatic heterocycles. The van der Waals surface area contributed by atoms with Crippen LogP contribution in [0.1, 0.15) is 17.7 Å². The lowest BCUT2D eigenvalue weighted by Gasteiger charge is -2.27. The molecule has 0 radical (unpaired) electrons. The molecule has 3 aromatic rings. The van der Waals surface area contributed by atoms with Gasteiger partial charge in [-0.1, -0.05) is 29.8 Å². The van der Waals surface area contributed by atoms with Gasteiger partial charge in [-0.3, -0.25) is 9.59 Å². The molecule has 5 nitrogen and oxygen atoms in total. The molecule has 1 amide bonds. The second-order valence-corrected chi connectivity index (χ2v) is 7.67. The van der Waals surface area contributed by atoms with Crippen molar-refractivity contribution in [3.63, 3.8) is 0 Å². The number of amides is 1. The van der Waals surface area contributed by atoms with E-state index in [2.05, 4.69) is 0 Å². The highest BCUT2D eigenvalue weighted by atomic mass is 35.5. The highest BCUT2D eigenvalue weighted by Gasteiger charge is 2.31. The third-order valence-electron chi connectivity index (χ3n) is 5.56. The van der Waals surface area contributed by atoms with E-state index in [0.717, 1.165) is 27.8 Å². The second-order valence-electron chi connectivity index (χ2n) is 7.24. The van der Waals surface area contributed by atoms with Crippen molar-refractivity contribution in [1.82, 2.24) is 4.57 Å². The maximum Gasteiger partial charge on any atom is 0.323 e. The summed E-state index contributed by atoms with van der Waals surface area (Å²) in [6.45, 7) is -0.0564. The summed E-state index contributed by atoms with van der Waals surface area (Å²) >= 11 is 5.95. The number of carbonyl (C=O) groups is 2. The Hall–Kier alpha value is -2.79. The number of carboxylic acid groups (broad SMARTS) is 1. The molecule has 6 heteroatoms. The van der Waals surface area contributed by atoms with Gasteiger partial charge in [0.2, 0.25) is 5.91 Å². The van der Waals surface area contributed by atoms with E-state index in [0.29, 0.717) is 24.3 Å². The Balaban J connectivity index is 1.65. The predicted octanol–water partition coefficient (Wildman–Crippen LogP) is 4.15. The lowest BCUT2D eigenvalue weighted by atomic mass is 9.85.